The van der Waals surface area contributed by atoms with Gasteiger partial charge in [-0.2, -0.15) is 5.10 Å². The second-order valence-electron chi connectivity index (χ2n) is 6.82. The highest BCUT2D eigenvalue weighted by molar-refractivity contribution is 6.20. The van der Waals surface area contributed by atoms with E-state index in [1.165, 1.54) is 7.11 Å². The Kier molecular flexibility index (Phi) is 4.47. The molecule has 2 heterocycles. The molecule has 0 amide bonds. The van der Waals surface area contributed by atoms with E-state index in [0.29, 0.717) is 5.56 Å². The van der Waals surface area contributed by atoms with Gasteiger partial charge < -0.3 is 4.74 Å². The highest BCUT2D eigenvalue weighted by Gasteiger charge is 2.46. The van der Waals surface area contributed by atoms with Gasteiger partial charge in [0.15, 0.2) is 0 Å². The monoisotopic (exact) mass is 385 g/mol. The lowest BCUT2D eigenvalue weighted by Crippen LogP contribution is -2.08. The molecule has 140 valence electrons. The summed E-state index contributed by atoms with van der Waals surface area (Å²) in [6, 6.07) is 7.87. The first-order valence-electron chi connectivity index (χ1n) is 8.76. The first-order chi connectivity index (χ1) is 13.0. The molecule has 4 rings (SSSR count). The van der Waals surface area contributed by atoms with E-state index in [4.69, 9.17) is 16.3 Å². The van der Waals surface area contributed by atoms with E-state index in [1.807, 2.05) is 49.1 Å². The van der Waals surface area contributed by atoms with Crippen LogP contribution in [-0.2, 0) is 11.8 Å². The third kappa shape index (κ3) is 3.23. The van der Waals surface area contributed by atoms with E-state index < -0.39 is 0 Å². The van der Waals surface area contributed by atoms with Gasteiger partial charge in [-0.1, -0.05) is 17.3 Å². The Hall–Kier alpha value is -2.67. The number of esters is 1. The molecule has 3 unspecified atom stereocenters. The number of nitrogens with zero attached hydrogens (tertiary/aromatic N) is 5. The molecule has 0 spiro atoms. The van der Waals surface area contributed by atoms with Crippen molar-refractivity contribution >= 4 is 17.6 Å². The van der Waals surface area contributed by atoms with Crippen LogP contribution in [0.2, 0.25) is 0 Å². The zero-order valence-corrected chi connectivity index (χ0v) is 16.1. The second-order valence-corrected chi connectivity index (χ2v) is 7.48. The van der Waals surface area contributed by atoms with Crippen LogP contribution in [0.4, 0.5) is 0 Å². The van der Waals surface area contributed by atoms with E-state index in [9.17, 15) is 4.79 Å². The number of halogens is 1. The maximum Gasteiger partial charge on any atom is 0.341 e. The summed E-state index contributed by atoms with van der Waals surface area (Å²) in [5.41, 5.74) is 4.12. The fraction of sp³-hybridized carbons (Fsp3) is 0.368. The van der Waals surface area contributed by atoms with Gasteiger partial charge in [-0.25, -0.2) is 9.48 Å². The molecular weight excluding hydrogens is 366 g/mol. The van der Waals surface area contributed by atoms with Gasteiger partial charge in [-0.3, -0.25) is 4.68 Å². The van der Waals surface area contributed by atoms with Crippen LogP contribution in [-0.4, -0.2) is 37.9 Å². The van der Waals surface area contributed by atoms with Crippen molar-refractivity contribution in [3.63, 3.8) is 0 Å². The van der Waals surface area contributed by atoms with Crippen LogP contribution < -0.4 is 0 Å². The van der Waals surface area contributed by atoms with Crippen molar-refractivity contribution in [1.29, 1.82) is 0 Å². The van der Waals surface area contributed by atoms with Crippen LogP contribution in [0.5, 0.6) is 0 Å². The Labute approximate surface area is 161 Å². The molecule has 3 atom stereocenters. The zero-order chi connectivity index (χ0) is 19.1. The molecule has 27 heavy (non-hydrogen) atoms. The first-order valence-corrected chi connectivity index (χ1v) is 9.20. The minimum atomic E-state index is -0.386. The third-order valence-corrected chi connectivity index (χ3v) is 5.18. The van der Waals surface area contributed by atoms with Crippen molar-refractivity contribution < 1.29 is 9.53 Å². The van der Waals surface area contributed by atoms with Crippen molar-refractivity contribution in [2.75, 3.05) is 7.11 Å². The average Bonchev–Trinajstić information content (AvgIpc) is 3.12. The smallest absolute Gasteiger partial charge is 0.341 e. The van der Waals surface area contributed by atoms with Gasteiger partial charge in [0.25, 0.3) is 0 Å². The summed E-state index contributed by atoms with van der Waals surface area (Å²) in [6.07, 6.45) is 4.38. The van der Waals surface area contributed by atoms with Crippen LogP contribution in [0.3, 0.4) is 0 Å². The number of carbonyl (C=O) groups excluding carboxylic acids is 1. The van der Waals surface area contributed by atoms with Gasteiger partial charge in [0.2, 0.25) is 0 Å². The molecule has 1 fully saturated rings. The maximum absolute atomic E-state index is 12.3. The van der Waals surface area contributed by atoms with Gasteiger partial charge >= 0.3 is 5.97 Å². The fourth-order valence-electron chi connectivity index (χ4n) is 3.45. The molecule has 1 aliphatic carbocycles. The predicted molar refractivity (Wildman–Crippen MR) is 100 cm³/mol. The Balaban J connectivity index is 1.77. The lowest BCUT2D eigenvalue weighted by molar-refractivity contribution is 0.0599. The van der Waals surface area contributed by atoms with E-state index in [2.05, 4.69) is 15.4 Å². The number of aromatic nitrogens is 5. The minimum absolute atomic E-state index is 0.114. The quantitative estimate of drug-likeness (QED) is 0.497. The maximum atomic E-state index is 12.3. The molecule has 1 saturated carbocycles. The lowest BCUT2D eigenvalue weighted by Gasteiger charge is -2.11. The largest absolute Gasteiger partial charge is 0.465 e. The SMILES string of the molecule is COC(=O)c1cnn(-c2cccc(C(C)Cl)c2)c1C1CC1c1cn(C)nn1. The van der Waals surface area contributed by atoms with Gasteiger partial charge in [-0.05, 0) is 31.0 Å². The standard InChI is InChI=1S/C19H20ClN5O2/c1-11(20)12-5-4-6-13(7-12)25-18(16(9-21-25)19(26)27-3)15-8-14(15)17-10-24(2)23-22-17/h4-7,9-11,14-15H,8H2,1-3H3. The molecule has 8 heteroatoms. The molecule has 3 aromatic rings. The Morgan fingerprint density at radius 2 is 2.19 bits per heavy atom. The lowest BCUT2D eigenvalue weighted by atomic mass is 10.1. The minimum Gasteiger partial charge on any atom is -0.465 e. The Morgan fingerprint density at radius 1 is 1.37 bits per heavy atom. The van der Waals surface area contributed by atoms with Crippen molar-refractivity contribution in [2.24, 2.45) is 7.05 Å². The summed E-state index contributed by atoms with van der Waals surface area (Å²) in [4.78, 5) is 12.3. The van der Waals surface area contributed by atoms with Crippen LogP contribution >= 0.6 is 11.6 Å². The highest BCUT2D eigenvalue weighted by atomic mass is 35.5. The number of rotatable bonds is 5. The Bertz CT molecular complexity index is 994. The van der Waals surface area contributed by atoms with E-state index in [-0.39, 0.29) is 23.2 Å². The summed E-state index contributed by atoms with van der Waals surface area (Å²) >= 11 is 6.24. The van der Waals surface area contributed by atoms with Crippen molar-refractivity contribution in [1.82, 2.24) is 24.8 Å². The number of alkyl halides is 1. The summed E-state index contributed by atoms with van der Waals surface area (Å²) in [5.74, 6) is -0.0361. The highest BCUT2D eigenvalue weighted by Crippen LogP contribution is 2.55. The predicted octanol–water partition coefficient (Wildman–Crippen LogP) is 3.36. The number of ether oxygens (including phenoxy) is 1. The number of hydrogen-bond donors (Lipinski definition) is 0. The molecule has 0 radical (unpaired) electrons. The number of benzene rings is 1. The van der Waals surface area contributed by atoms with Crippen LogP contribution in [0.25, 0.3) is 5.69 Å². The molecule has 0 N–H and O–H groups in total. The van der Waals surface area contributed by atoms with Gasteiger partial charge in [0, 0.05) is 25.1 Å². The number of aryl methyl sites for hydroxylation is 1. The first kappa shape index (κ1) is 17.7. The third-order valence-electron chi connectivity index (χ3n) is 4.93. The molecule has 0 aliphatic heterocycles. The molecule has 1 aromatic carbocycles. The van der Waals surface area contributed by atoms with Crippen molar-refractivity contribution in [2.45, 2.75) is 30.6 Å². The van der Waals surface area contributed by atoms with E-state index in [0.717, 1.165) is 29.1 Å². The summed E-state index contributed by atoms with van der Waals surface area (Å²) in [6.45, 7) is 1.93. The van der Waals surface area contributed by atoms with Crippen LogP contribution in [0.1, 0.15) is 57.9 Å². The second kappa shape index (κ2) is 6.81. The van der Waals surface area contributed by atoms with Crippen molar-refractivity contribution in [3.8, 4) is 5.69 Å². The molecule has 0 saturated heterocycles. The number of methoxy groups -OCH3 is 1. The summed E-state index contributed by atoms with van der Waals surface area (Å²) in [7, 11) is 3.23. The molecule has 0 bridgehead atoms. The van der Waals surface area contributed by atoms with E-state index >= 15 is 0 Å². The summed E-state index contributed by atoms with van der Waals surface area (Å²) in [5, 5.41) is 12.6. The summed E-state index contributed by atoms with van der Waals surface area (Å²) < 4.78 is 8.47. The van der Waals surface area contributed by atoms with Gasteiger partial charge in [0.1, 0.15) is 5.56 Å². The number of carbonyl (C=O) groups is 1. The van der Waals surface area contributed by atoms with Gasteiger partial charge in [0.05, 0.1) is 35.8 Å². The van der Waals surface area contributed by atoms with Crippen molar-refractivity contribution in [3.05, 3.63) is 59.2 Å². The zero-order valence-electron chi connectivity index (χ0n) is 15.3. The van der Waals surface area contributed by atoms with E-state index in [1.54, 1.807) is 10.9 Å². The van der Waals surface area contributed by atoms with Gasteiger partial charge in [-0.15, -0.1) is 16.7 Å². The van der Waals surface area contributed by atoms with Crippen LogP contribution in [0, 0.1) is 0 Å². The molecule has 2 aromatic heterocycles. The fourth-order valence-corrected chi connectivity index (χ4v) is 3.59. The molecular formula is C19H20ClN5O2. The molecule has 7 nitrogen and oxygen atoms in total. The topological polar surface area (TPSA) is 74.8 Å². The average molecular weight is 386 g/mol. The number of hydrogen-bond acceptors (Lipinski definition) is 5. The Morgan fingerprint density at radius 3 is 2.85 bits per heavy atom. The normalized spacial score (nSPS) is 19.7. The molecule has 1 aliphatic rings. The van der Waals surface area contributed by atoms with Crippen LogP contribution in [0.15, 0.2) is 36.7 Å².